The average molecular weight is 715 g/mol. The zero-order valence-corrected chi connectivity index (χ0v) is 30.3. The maximum absolute atomic E-state index is 14.9. The Morgan fingerprint density at radius 3 is 2.38 bits per heavy atom. The summed E-state index contributed by atoms with van der Waals surface area (Å²) in [5.74, 6) is -0.593. The van der Waals surface area contributed by atoms with Crippen molar-refractivity contribution < 1.29 is 19.4 Å². The van der Waals surface area contributed by atoms with Gasteiger partial charge in [0.25, 0.3) is 5.91 Å². The molecule has 258 valence electrons. The SMILES string of the molecule is Cc1cc(OCCCc2c3n(c4c(-c5c(C)nn(C)c5C)c(Cl)ccc24)CCCN(c2cc(C(=O)O)c4c(c2)nnn4C)C3=O)cc(C)c1Cl. The third kappa shape index (κ3) is 5.49. The average Bonchev–Trinajstić information content (AvgIpc) is 3.64. The number of hydrogen-bond acceptors (Lipinski definition) is 6. The number of aromatic nitrogens is 6. The second-order valence-corrected chi connectivity index (χ2v) is 13.8. The number of carbonyl (C=O) groups excluding carboxylic acids is 1. The third-order valence-corrected chi connectivity index (χ3v) is 10.6. The first kappa shape index (κ1) is 33.6. The lowest BCUT2D eigenvalue weighted by Gasteiger charge is -2.22. The summed E-state index contributed by atoms with van der Waals surface area (Å²) in [4.78, 5) is 28.9. The molecule has 0 aliphatic carbocycles. The van der Waals surface area contributed by atoms with Crippen LogP contribution < -0.4 is 9.64 Å². The molecule has 1 N–H and O–H groups in total. The number of aryl methyl sites for hydroxylation is 7. The highest BCUT2D eigenvalue weighted by atomic mass is 35.5. The minimum Gasteiger partial charge on any atom is -0.494 e. The van der Waals surface area contributed by atoms with Crippen LogP contribution in [0.4, 0.5) is 5.69 Å². The molecule has 7 rings (SSSR count). The minimum absolute atomic E-state index is 0.0317. The van der Waals surface area contributed by atoms with Gasteiger partial charge in [0.05, 0.1) is 28.4 Å². The molecule has 11 nitrogen and oxygen atoms in total. The maximum atomic E-state index is 14.9. The quantitative estimate of drug-likeness (QED) is 0.161. The van der Waals surface area contributed by atoms with Gasteiger partial charge in [0.15, 0.2) is 0 Å². The molecule has 0 fully saturated rings. The van der Waals surface area contributed by atoms with Crippen LogP contribution in [-0.4, -0.2) is 59.5 Å². The highest BCUT2D eigenvalue weighted by Gasteiger charge is 2.33. The van der Waals surface area contributed by atoms with Crippen LogP contribution >= 0.6 is 23.2 Å². The van der Waals surface area contributed by atoms with Crippen molar-refractivity contribution in [2.75, 3.05) is 18.1 Å². The Labute approximate surface area is 298 Å². The van der Waals surface area contributed by atoms with Crippen molar-refractivity contribution in [1.82, 2.24) is 29.3 Å². The van der Waals surface area contributed by atoms with E-state index in [1.165, 1.54) is 4.68 Å². The summed E-state index contributed by atoms with van der Waals surface area (Å²) in [6.45, 7) is 9.26. The lowest BCUT2D eigenvalue weighted by atomic mass is 9.98. The molecule has 0 bridgehead atoms. The molecule has 3 aromatic carbocycles. The van der Waals surface area contributed by atoms with Crippen LogP contribution in [0, 0.1) is 27.7 Å². The third-order valence-electron chi connectivity index (χ3n) is 9.72. The molecule has 1 amide bonds. The molecule has 0 spiro atoms. The van der Waals surface area contributed by atoms with Crippen molar-refractivity contribution >= 4 is 62.7 Å². The highest BCUT2D eigenvalue weighted by molar-refractivity contribution is 6.35. The van der Waals surface area contributed by atoms with Gasteiger partial charge < -0.3 is 19.3 Å². The number of amides is 1. The first-order valence-corrected chi connectivity index (χ1v) is 17.2. The zero-order valence-electron chi connectivity index (χ0n) is 28.8. The van der Waals surface area contributed by atoms with Crippen LogP contribution in [0.3, 0.4) is 0 Å². The topological polar surface area (TPSA) is 120 Å². The van der Waals surface area contributed by atoms with Crippen molar-refractivity contribution in [2.24, 2.45) is 14.1 Å². The zero-order chi connectivity index (χ0) is 35.6. The Kier molecular flexibility index (Phi) is 8.60. The lowest BCUT2D eigenvalue weighted by molar-refractivity contribution is 0.0698. The summed E-state index contributed by atoms with van der Waals surface area (Å²) in [6, 6.07) is 11.0. The second kappa shape index (κ2) is 12.8. The number of rotatable bonds is 8. The molecule has 0 saturated carbocycles. The molecule has 6 aromatic rings. The number of carbonyl (C=O) groups is 2. The molecule has 1 aliphatic heterocycles. The summed E-state index contributed by atoms with van der Waals surface area (Å²) in [5.41, 5.74) is 9.12. The Morgan fingerprint density at radius 1 is 0.960 bits per heavy atom. The van der Waals surface area contributed by atoms with Gasteiger partial charge in [-0.25, -0.2) is 9.48 Å². The molecule has 3 aromatic heterocycles. The molecule has 13 heteroatoms. The van der Waals surface area contributed by atoms with Crippen LogP contribution in [0.1, 0.15) is 61.8 Å². The maximum Gasteiger partial charge on any atom is 0.338 e. The van der Waals surface area contributed by atoms with Crippen LogP contribution in [0.25, 0.3) is 33.1 Å². The van der Waals surface area contributed by atoms with Crippen LogP contribution in [0.15, 0.2) is 36.4 Å². The second-order valence-electron chi connectivity index (χ2n) is 13.0. The van der Waals surface area contributed by atoms with Gasteiger partial charge >= 0.3 is 5.97 Å². The number of aromatic carboxylic acids is 1. The Hall–Kier alpha value is -4.87. The number of hydrogen-bond donors (Lipinski definition) is 1. The number of ether oxygens (including phenoxy) is 1. The van der Waals surface area contributed by atoms with Crippen molar-refractivity contribution in [3.8, 4) is 16.9 Å². The summed E-state index contributed by atoms with van der Waals surface area (Å²) < 4.78 is 11.6. The fraction of sp³-hybridized carbons (Fsp3) is 0.324. The minimum atomic E-state index is -1.12. The number of benzene rings is 3. The molecule has 0 atom stereocenters. The van der Waals surface area contributed by atoms with Crippen LogP contribution in [0.2, 0.25) is 10.0 Å². The van der Waals surface area contributed by atoms with E-state index in [0.717, 1.165) is 60.9 Å². The van der Waals surface area contributed by atoms with E-state index in [1.54, 1.807) is 24.1 Å². The first-order valence-electron chi connectivity index (χ1n) is 16.5. The molecule has 50 heavy (non-hydrogen) atoms. The predicted molar refractivity (Wildman–Crippen MR) is 195 cm³/mol. The fourth-order valence-electron chi connectivity index (χ4n) is 7.38. The Bertz CT molecular complexity index is 2350. The molecular formula is C37H37Cl2N7O4. The van der Waals surface area contributed by atoms with Gasteiger partial charge in [-0.2, -0.15) is 5.10 Å². The van der Waals surface area contributed by atoms with Gasteiger partial charge in [-0.15, -0.1) is 5.10 Å². The van der Waals surface area contributed by atoms with Crippen molar-refractivity contribution in [1.29, 1.82) is 0 Å². The normalized spacial score (nSPS) is 13.4. The Balaban J connectivity index is 1.37. The number of nitrogens with zero attached hydrogens (tertiary/aromatic N) is 7. The summed E-state index contributed by atoms with van der Waals surface area (Å²) in [5, 5.41) is 25.3. The lowest BCUT2D eigenvalue weighted by Crippen LogP contribution is -2.32. The molecular weight excluding hydrogens is 677 g/mol. The first-order chi connectivity index (χ1) is 23.9. The monoisotopic (exact) mass is 713 g/mol. The van der Waals surface area contributed by atoms with Crippen molar-refractivity contribution in [3.05, 3.63) is 85.8 Å². The summed E-state index contributed by atoms with van der Waals surface area (Å²) >= 11 is 13.4. The standard InChI is InChI=1S/C37H37Cl2N7O4/c1-19-15-24(16-20(2)32(19)39)50-14-7-9-25-26-10-11-28(38)31(30-21(3)41-43(5)22(30)4)34(26)46-13-8-12-45(36(47)35(25)46)23-17-27(37(48)49)33-29(18-23)40-42-44(33)6/h10-11,15-18H,7-9,12-14H2,1-6H3,(H,48,49). The number of carboxylic acids is 1. The highest BCUT2D eigenvalue weighted by Crippen LogP contribution is 2.43. The van der Waals surface area contributed by atoms with Gasteiger partial charge in [0, 0.05) is 60.1 Å². The fourth-order valence-corrected chi connectivity index (χ4v) is 7.73. The van der Waals surface area contributed by atoms with E-state index >= 15 is 0 Å². The van der Waals surface area contributed by atoms with E-state index < -0.39 is 5.97 Å². The van der Waals surface area contributed by atoms with E-state index in [2.05, 4.69) is 20.0 Å². The van der Waals surface area contributed by atoms with Crippen molar-refractivity contribution in [3.63, 3.8) is 0 Å². The molecule has 0 radical (unpaired) electrons. The molecule has 0 unspecified atom stereocenters. The van der Waals surface area contributed by atoms with Gasteiger partial charge in [0.2, 0.25) is 0 Å². The molecule has 1 aliphatic rings. The molecule has 0 saturated heterocycles. The van der Waals surface area contributed by atoms with Gasteiger partial charge in [-0.05, 0) is 94.0 Å². The van der Waals surface area contributed by atoms with Crippen molar-refractivity contribution in [2.45, 2.75) is 53.5 Å². The number of fused-ring (bicyclic) bond motifs is 4. The number of anilines is 1. The van der Waals surface area contributed by atoms with E-state index in [-0.39, 0.29) is 11.5 Å². The van der Waals surface area contributed by atoms with Crippen LogP contribution in [0.5, 0.6) is 5.75 Å². The Morgan fingerprint density at radius 2 is 1.70 bits per heavy atom. The summed E-state index contributed by atoms with van der Waals surface area (Å²) in [7, 11) is 3.56. The number of carboxylic acid groups (broad SMARTS) is 1. The van der Waals surface area contributed by atoms with Gasteiger partial charge in [-0.1, -0.05) is 34.5 Å². The van der Waals surface area contributed by atoms with E-state index in [4.69, 9.17) is 27.9 Å². The van der Waals surface area contributed by atoms with Crippen LogP contribution in [-0.2, 0) is 27.1 Å². The van der Waals surface area contributed by atoms with E-state index in [9.17, 15) is 14.7 Å². The predicted octanol–water partition coefficient (Wildman–Crippen LogP) is 7.62. The van der Waals surface area contributed by atoms with E-state index in [1.807, 2.05) is 63.7 Å². The van der Waals surface area contributed by atoms with Gasteiger partial charge in [0.1, 0.15) is 22.5 Å². The molecule has 4 heterocycles. The smallest absolute Gasteiger partial charge is 0.338 e. The summed E-state index contributed by atoms with van der Waals surface area (Å²) in [6.07, 6.45) is 1.82. The number of halogens is 2. The largest absolute Gasteiger partial charge is 0.494 e. The van der Waals surface area contributed by atoms with E-state index in [0.29, 0.717) is 66.4 Å². The van der Waals surface area contributed by atoms with Gasteiger partial charge in [-0.3, -0.25) is 9.48 Å².